The van der Waals surface area contributed by atoms with Crippen LogP contribution in [-0.2, 0) is 34.0 Å². The summed E-state index contributed by atoms with van der Waals surface area (Å²) >= 11 is 0. The van der Waals surface area contributed by atoms with Crippen LogP contribution in [0.4, 0.5) is 5.69 Å². The lowest BCUT2D eigenvalue weighted by Gasteiger charge is -2.35. The van der Waals surface area contributed by atoms with Gasteiger partial charge in [0, 0.05) is 11.3 Å². The van der Waals surface area contributed by atoms with E-state index in [1.807, 2.05) is 0 Å². The van der Waals surface area contributed by atoms with Gasteiger partial charge in [-0.3, -0.25) is 4.79 Å². The van der Waals surface area contributed by atoms with E-state index >= 15 is 0 Å². The highest BCUT2D eigenvalue weighted by Gasteiger charge is 2.61. The minimum absolute atomic E-state index is 0.0812. The van der Waals surface area contributed by atoms with Gasteiger partial charge in [-0.2, -0.15) is 0 Å². The highest BCUT2D eigenvalue weighted by atomic mass is 16.5. The van der Waals surface area contributed by atoms with Gasteiger partial charge in [0.05, 0.1) is 13.2 Å². The van der Waals surface area contributed by atoms with Crippen LogP contribution >= 0.6 is 0 Å². The summed E-state index contributed by atoms with van der Waals surface area (Å²) in [4.78, 5) is 38.8. The molecule has 0 radical (unpaired) electrons. The van der Waals surface area contributed by atoms with E-state index in [2.05, 4.69) is 5.32 Å². The van der Waals surface area contributed by atoms with E-state index < -0.39 is 29.4 Å². The highest BCUT2D eigenvalue weighted by molar-refractivity contribution is 6.21. The van der Waals surface area contributed by atoms with E-state index in [0.717, 1.165) is 7.11 Å². The van der Waals surface area contributed by atoms with Crippen molar-refractivity contribution in [3.8, 4) is 0 Å². The molecule has 2 aliphatic rings. The molecule has 1 spiro atoms. The maximum Gasteiger partial charge on any atom is 0.340 e. The number of esters is 2. The first kappa shape index (κ1) is 18.5. The summed E-state index contributed by atoms with van der Waals surface area (Å²) < 4.78 is 15.6. The predicted molar refractivity (Wildman–Crippen MR) is 95.0 cm³/mol. The summed E-state index contributed by atoms with van der Waals surface area (Å²) in [5.74, 6) is -2.47. The number of carbonyl (C=O) groups is 3. The number of carbonyl (C=O) groups excluding carboxylic acids is 3. The Kier molecular flexibility index (Phi) is 4.43. The van der Waals surface area contributed by atoms with Crippen molar-refractivity contribution in [3.63, 3.8) is 0 Å². The Morgan fingerprint density at radius 1 is 1.19 bits per heavy atom. The van der Waals surface area contributed by atoms with E-state index in [4.69, 9.17) is 19.9 Å². The number of rotatable bonds is 3. The van der Waals surface area contributed by atoms with Gasteiger partial charge < -0.3 is 25.3 Å². The van der Waals surface area contributed by atoms with Gasteiger partial charge in [0.2, 0.25) is 11.8 Å². The lowest BCUT2D eigenvalue weighted by atomic mass is 9.67. The van der Waals surface area contributed by atoms with Crippen molar-refractivity contribution in [2.45, 2.75) is 32.3 Å². The number of amides is 1. The molecule has 0 unspecified atom stereocenters. The zero-order valence-corrected chi connectivity index (χ0v) is 15.4. The molecule has 0 bridgehead atoms. The lowest BCUT2D eigenvalue weighted by molar-refractivity contribution is -0.145. The molecule has 1 amide bonds. The second-order valence-corrected chi connectivity index (χ2v) is 6.47. The van der Waals surface area contributed by atoms with Crippen LogP contribution in [0.3, 0.4) is 0 Å². The molecule has 3 N–H and O–H groups in total. The minimum atomic E-state index is -1.82. The third-order valence-corrected chi connectivity index (χ3v) is 4.47. The molecule has 0 saturated heterocycles. The Bertz CT molecular complexity index is 915. The summed E-state index contributed by atoms with van der Waals surface area (Å²) in [6, 6.07) is 6.74. The molecule has 2 heterocycles. The van der Waals surface area contributed by atoms with Gasteiger partial charge in [0.1, 0.15) is 22.3 Å². The van der Waals surface area contributed by atoms with Crippen LogP contribution in [0.15, 0.2) is 47.1 Å². The first-order valence-corrected chi connectivity index (χ1v) is 8.34. The molecule has 142 valence electrons. The van der Waals surface area contributed by atoms with Gasteiger partial charge in [-0.1, -0.05) is 18.2 Å². The highest BCUT2D eigenvalue weighted by Crippen LogP contribution is 2.52. The van der Waals surface area contributed by atoms with Crippen LogP contribution in [0.5, 0.6) is 0 Å². The topological polar surface area (TPSA) is 117 Å². The fourth-order valence-corrected chi connectivity index (χ4v) is 3.52. The van der Waals surface area contributed by atoms with Gasteiger partial charge in [0.25, 0.3) is 0 Å². The Morgan fingerprint density at radius 3 is 2.48 bits per heavy atom. The minimum Gasteiger partial charge on any atom is -0.465 e. The van der Waals surface area contributed by atoms with Crippen molar-refractivity contribution in [2.24, 2.45) is 5.73 Å². The average molecular weight is 372 g/mol. The van der Waals surface area contributed by atoms with Crippen LogP contribution < -0.4 is 11.1 Å². The number of anilines is 1. The zero-order valence-electron chi connectivity index (χ0n) is 15.4. The molecule has 1 aromatic carbocycles. The zero-order chi connectivity index (χ0) is 19.9. The predicted octanol–water partition coefficient (Wildman–Crippen LogP) is 1.48. The van der Waals surface area contributed by atoms with Crippen LogP contribution in [0, 0.1) is 0 Å². The number of para-hydroxylation sites is 1. The SMILES string of the molecule is COC(=O)C1=C(N)OC(C)=C(C(=O)OC(C)C)[C@@]12C(=O)Nc1ccccc12. The van der Waals surface area contributed by atoms with Crippen molar-refractivity contribution in [1.29, 1.82) is 0 Å². The van der Waals surface area contributed by atoms with E-state index in [1.54, 1.807) is 38.1 Å². The van der Waals surface area contributed by atoms with Crippen LogP contribution in [-0.4, -0.2) is 31.1 Å². The molecule has 1 aromatic rings. The number of ether oxygens (including phenoxy) is 3. The Labute approximate surface area is 155 Å². The first-order valence-electron chi connectivity index (χ1n) is 8.34. The van der Waals surface area contributed by atoms with Gasteiger partial charge in [-0.25, -0.2) is 9.59 Å². The smallest absolute Gasteiger partial charge is 0.340 e. The molecule has 3 rings (SSSR count). The molecule has 1 atom stereocenters. The molecule has 0 aliphatic carbocycles. The lowest BCUT2D eigenvalue weighted by Crippen LogP contribution is -2.48. The maximum absolute atomic E-state index is 13.2. The summed E-state index contributed by atoms with van der Waals surface area (Å²) in [5.41, 5.74) is 4.66. The largest absolute Gasteiger partial charge is 0.465 e. The summed E-state index contributed by atoms with van der Waals surface area (Å²) in [7, 11) is 1.16. The Morgan fingerprint density at radius 2 is 1.85 bits per heavy atom. The normalized spacial score (nSPS) is 21.1. The molecular weight excluding hydrogens is 352 g/mol. The number of hydrogen-bond donors (Lipinski definition) is 2. The van der Waals surface area contributed by atoms with Gasteiger partial charge in [-0.05, 0) is 26.8 Å². The molecule has 0 saturated carbocycles. The molecule has 2 aliphatic heterocycles. The second kappa shape index (κ2) is 6.46. The summed E-state index contributed by atoms with van der Waals surface area (Å²) in [6.07, 6.45) is -0.445. The number of fused-ring (bicyclic) bond motifs is 2. The average Bonchev–Trinajstić information content (AvgIpc) is 2.86. The van der Waals surface area contributed by atoms with Crippen molar-refractivity contribution < 1.29 is 28.6 Å². The monoisotopic (exact) mass is 372 g/mol. The van der Waals surface area contributed by atoms with Crippen LogP contribution in [0.25, 0.3) is 0 Å². The van der Waals surface area contributed by atoms with Crippen molar-refractivity contribution in [1.82, 2.24) is 0 Å². The molecule has 8 heteroatoms. The Hall–Kier alpha value is -3.29. The van der Waals surface area contributed by atoms with E-state index in [1.165, 1.54) is 6.92 Å². The fraction of sp³-hybridized carbons (Fsp3) is 0.316. The molecular formula is C19H20N2O6. The number of methoxy groups -OCH3 is 1. The fourth-order valence-electron chi connectivity index (χ4n) is 3.52. The summed E-state index contributed by atoms with van der Waals surface area (Å²) in [5, 5.41) is 2.71. The number of nitrogens with one attached hydrogen (secondary N) is 1. The van der Waals surface area contributed by atoms with Gasteiger partial charge in [0.15, 0.2) is 0 Å². The molecule has 0 aromatic heterocycles. The first-order chi connectivity index (χ1) is 12.7. The second-order valence-electron chi connectivity index (χ2n) is 6.47. The van der Waals surface area contributed by atoms with Gasteiger partial charge >= 0.3 is 11.9 Å². The number of nitrogens with two attached hydrogens (primary N) is 1. The van der Waals surface area contributed by atoms with E-state index in [0.29, 0.717) is 11.3 Å². The van der Waals surface area contributed by atoms with Crippen LogP contribution in [0.2, 0.25) is 0 Å². The van der Waals surface area contributed by atoms with Gasteiger partial charge in [-0.15, -0.1) is 0 Å². The number of hydrogen-bond acceptors (Lipinski definition) is 7. The third-order valence-electron chi connectivity index (χ3n) is 4.47. The quantitative estimate of drug-likeness (QED) is 0.772. The van der Waals surface area contributed by atoms with E-state index in [-0.39, 0.29) is 22.8 Å². The van der Waals surface area contributed by atoms with Crippen LogP contribution in [0.1, 0.15) is 26.3 Å². The van der Waals surface area contributed by atoms with Crippen molar-refractivity contribution in [2.75, 3.05) is 12.4 Å². The molecule has 8 nitrogen and oxygen atoms in total. The maximum atomic E-state index is 13.2. The number of benzene rings is 1. The van der Waals surface area contributed by atoms with Crippen molar-refractivity contribution >= 4 is 23.5 Å². The summed E-state index contributed by atoms with van der Waals surface area (Å²) in [6.45, 7) is 4.85. The standard InChI is InChI=1S/C19H20N2O6/c1-9(2)26-17(23)13-10(3)27-15(20)14(16(22)25-4)19(13)11-7-5-6-8-12(11)21-18(19)24/h5-9H,20H2,1-4H3,(H,21,24)/t19-/m1/s1. The number of allylic oxidation sites excluding steroid dienone is 1. The molecule has 27 heavy (non-hydrogen) atoms. The molecule has 0 fully saturated rings. The van der Waals surface area contributed by atoms with E-state index in [9.17, 15) is 14.4 Å². The third kappa shape index (κ3) is 2.56. The van der Waals surface area contributed by atoms with Crippen molar-refractivity contribution in [3.05, 3.63) is 52.6 Å². The Balaban J connectivity index is 2.37.